The van der Waals surface area contributed by atoms with E-state index >= 15 is 0 Å². The predicted molar refractivity (Wildman–Crippen MR) is 70.3 cm³/mol. The van der Waals surface area contributed by atoms with Gasteiger partial charge in [-0.2, -0.15) is 5.10 Å². The van der Waals surface area contributed by atoms with E-state index in [0.29, 0.717) is 19.1 Å². The van der Waals surface area contributed by atoms with Crippen LogP contribution >= 0.6 is 15.9 Å². The number of ether oxygens (including phenoxy) is 2. The van der Waals surface area contributed by atoms with Crippen molar-refractivity contribution >= 4 is 15.9 Å². The third-order valence-electron chi connectivity index (χ3n) is 3.29. The number of hydrogen-bond acceptors (Lipinski definition) is 4. The largest absolute Gasteiger partial charge is 0.384 e. The van der Waals surface area contributed by atoms with Crippen LogP contribution in [0.25, 0.3) is 0 Å². The summed E-state index contributed by atoms with van der Waals surface area (Å²) in [6.45, 7) is 1.19. The maximum absolute atomic E-state index is 10.5. The molecule has 2 rings (SSSR count). The first-order chi connectivity index (χ1) is 8.69. The fraction of sp³-hybridized carbons (Fsp3) is 0.750. The van der Waals surface area contributed by atoms with Gasteiger partial charge in [0.2, 0.25) is 0 Å². The molecule has 0 bridgehead atoms. The van der Waals surface area contributed by atoms with E-state index < -0.39 is 6.10 Å². The Morgan fingerprint density at radius 1 is 1.56 bits per heavy atom. The summed E-state index contributed by atoms with van der Waals surface area (Å²) in [6.07, 6.45) is 3.14. The summed E-state index contributed by atoms with van der Waals surface area (Å²) >= 11 is 3.44. The van der Waals surface area contributed by atoms with E-state index in [9.17, 15) is 5.11 Å². The molecule has 1 aromatic rings. The van der Waals surface area contributed by atoms with Gasteiger partial charge in [-0.3, -0.25) is 4.68 Å². The molecule has 0 spiro atoms. The van der Waals surface area contributed by atoms with Crippen molar-refractivity contribution in [1.29, 1.82) is 0 Å². The monoisotopic (exact) mass is 318 g/mol. The summed E-state index contributed by atoms with van der Waals surface area (Å²) in [5, 5.41) is 14.7. The molecule has 0 aromatic carbocycles. The van der Waals surface area contributed by atoms with Gasteiger partial charge in [-0.05, 0) is 34.7 Å². The Bertz CT molecular complexity index is 393. The molecule has 0 amide bonds. The molecule has 1 aliphatic rings. The Kier molecular flexibility index (Phi) is 4.77. The van der Waals surface area contributed by atoms with E-state index in [1.807, 2.05) is 0 Å². The van der Waals surface area contributed by atoms with Gasteiger partial charge < -0.3 is 14.6 Å². The van der Waals surface area contributed by atoms with Gasteiger partial charge in [-0.15, -0.1) is 0 Å². The first-order valence-corrected chi connectivity index (χ1v) is 6.89. The lowest BCUT2D eigenvalue weighted by molar-refractivity contribution is -0.0306. The van der Waals surface area contributed by atoms with Gasteiger partial charge in [-0.1, -0.05) is 0 Å². The first-order valence-electron chi connectivity index (χ1n) is 6.10. The second-order valence-electron chi connectivity index (χ2n) is 4.58. The molecule has 1 heterocycles. The Hall–Kier alpha value is -0.430. The molecule has 1 saturated carbocycles. The summed E-state index contributed by atoms with van der Waals surface area (Å²) in [5.74, 6) is 0.461. The Morgan fingerprint density at radius 3 is 2.83 bits per heavy atom. The molecule has 0 aliphatic heterocycles. The Morgan fingerprint density at radius 2 is 2.28 bits per heavy atom. The number of aliphatic hydroxyl groups is 1. The molecule has 18 heavy (non-hydrogen) atoms. The Balaban J connectivity index is 2.16. The number of methoxy groups -OCH3 is 2. The maximum Gasteiger partial charge on any atom is 0.123 e. The van der Waals surface area contributed by atoms with Gasteiger partial charge in [0.15, 0.2) is 0 Å². The van der Waals surface area contributed by atoms with Gasteiger partial charge in [0.25, 0.3) is 0 Å². The molecule has 1 aliphatic carbocycles. The smallest absolute Gasteiger partial charge is 0.123 e. The van der Waals surface area contributed by atoms with E-state index in [0.717, 1.165) is 23.0 Å². The van der Waals surface area contributed by atoms with Gasteiger partial charge in [-0.25, -0.2) is 0 Å². The van der Waals surface area contributed by atoms with Crippen LogP contribution in [0.3, 0.4) is 0 Å². The van der Waals surface area contributed by atoms with Crippen molar-refractivity contribution in [3.63, 3.8) is 0 Å². The SMILES string of the molecule is COCCn1ncc(Br)c1C(O)C(OC)C1CC1. The molecular formula is C12H19BrN2O3. The highest BCUT2D eigenvalue weighted by Crippen LogP contribution is 2.41. The van der Waals surface area contributed by atoms with Gasteiger partial charge >= 0.3 is 0 Å². The molecule has 102 valence electrons. The predicted octanol–water partition coefficient (Wildman–Crippen LogP) is 1.75. The summed E-state index contributed by atoms with van der Waals surface area (Å²) < 4.78 is 13.1. The lowest BCUT2D eigenvalue weighted by Crippen LogP contribution is -2.26. The fourth-order valence-electron chi connectivity index (χ4n) is 2.18. The Labute approximate surface area is 115 Å². The molecule has 6 heteroatoms. The first kappa shape index (κ1) is 14.0. The van der Waals surface area contributed by atoms with Gasteiger partial charge in [0.05, 0.1) is 35.6 Å². The maximum atomic E-state index is 10.5. The van der Waals surface area contributed by atoms with Gasteiger partial charge in [0.1, 0.15) is 6.10 Å². The second-order valence-corrected chi connectivity index (χ2v) is 5.43. The van der Waals surface area contributed by atoms with E-state index in [2.05, 4.69) is 21.0 Å². The van der Waals surface area contributed by atoms with E-state index in [1.165, 1.54) is 0 Å². The molecule has 1 fully saturated rings. The van der Waals surface area contributed by atoms with Crippen molar-refractivity contribution < 1.29 is 14.6 Å². The molecule has 2 atom stereocenters. The lowest BCUT2D eigenvalue weighted by atomic mass is 10.1. The third kappa shape index (κ3) is 2.93. The minimum absolute atomic E-state index is 0.153. The van der Waals surface area contributed by atoms with E-state index in [-0.39, 0.29) is 6.10 Å². The number of rotatable bonds is 7. The van der Waals surface area contributed by atoms with Crippen LogP contribution in [0.1, 0.15) is 24.6 Å². The van der Waals surface area contributed by atoms with Crippen molar-refractivity contribution in [1.82, 2.24) is 9.78 Å². The van der Waals surface area contributed by atoms with Crippen LogP contribution in [0, 0.1) is 5.92 Å². The van der Waals surface area contributed by atoms with Crippen molar-refractivity contribution in [3.05, 3.63) is 16.4 Å². The minimum atomic E-state index is -0.656. The fourth-order valence-corrected chi connectivity index (χ4v) is 2.71. The standard InChI is InChI=1S/C12H19BrN2O3/c1-17-6-5-15-10(9(13)7-14-15)11(16)12(18-2)8-3-4-8/h7-8,11-12,16H,3-6H2,1-2H3. The number of hydrogen-bond donors (Lipinski definition) is 1. The normalized spacial score (nSPS) is 18.9. The summed E-state index contributed by atoms with van der Waals surface area (Å²) in [4.78, 5) is 0. The van der Waals surface area contributed by atoms with Crippen molar-refractivity contribution in [3.8, 4) is 0 Å². The van der Waals surface area contributed by atoms with Crippen LogP contribution in [0.5, 0.6) is 0 Å². The molecule has 2 unspecified atom stereocenters. The minimum Gasteiger partial charge on any atom is -0.384 e. The van der Waals surface area contributed by atoms with Crippen LogP contribution in [0.4, 0.5) is 0 Å². The summed E-state index contributed by atoms with van der Waals surface area (Å²) in [5.41, 5.74) is 0.769. The van der Waals surface area contributed by atoms with Crippen molar-refractivity contribution in [2.24, 2.45) is 5.92 Å². The highest BCUT2D eigenvalue weighted by atomic mass is 79.9. The molecule has 0 radical (unpaired) electrons. The number of aromatic nitrogens is 2. The molecule has 0 saturated heterocycles. The zero-order valence-corrected chi connectivity index (χ0v) is 12.3. The number of halogens is 1. The van der Waals surface area contributed by atoms with Crippen LogP contribution in [0.15, 0.2) is 10.7 Å². The second kappa shape index (κ2) is 6.14. The van der Waals surface area contributed by atoms with Crippen molar-refractivity contribution in [2.75, 3.05) is 20.8 Å². The highest BCUT2D eigenvalue weighted by molar-refractivity contribution is 9.10. The highest BCUT2D eigenvalue weighted by Gasteiger charge is 2.38. The third-order valence-corrected chi connectivity index (χ3v) is 3.90. The van der Waals surface area contributed by atoms with E-state index in [4.69, 9.17) is 9.47 Å². The average molecular weight is 319 g/mol. The molecule has 1 aromatic heterocycles. The topological polar surface area (TPSA) is 56.5 Å². The zero-order chi connectivity index (χ0) is 13.1. The quantitative estimate of drug-likeness (QED) is 0.832. The van der Waals surface area contributed by atoms with Crippen LogP contribution in [-0.2, 0) is 16.0 Å². The zero-order valence-electron chi connectivity index (χ0n) is 10.7. The van der Waals surface area contributed by atoms with E-state index in [1.54, 1.807) is 25.1 Å². The van der Waals surface area contributed by atoms with Crippen LogP contribution < -0.4 is 0 Å². The molecule has 1 N–H and O–H groups in total. The lowest BCUT2D eigenvalue weighted by Gasteiger charge is -2.22. The summed E-state index contributed by atoms with van der Waals surface area (Å²) in [7, 11) is 3.30. The van der Waals surface area contributed by atoms with Gasteiger partial charge in [0, 0.05) is 14.2 Å². The summed E-state index contributed by atoms with van der Waals surface area (Å²) in [6, 6.07) is 0. The number of aliphatic hydroxyl groups excluding tert-OH is 1. The van der Waals surface area contributed by atoms with Crippen molar-refractivity contribution in [2.45, 2.75) is 31.6 Å². The molecule has 5 nitrogen and oxygen atoms in total. The average Bonchev–Trinajstić information content (AvgIpc) is 3.11. The van der Waals surface area contributed by atoms with Crippen LogP contribution in [0.2, 0.25) is 0 Å². The van der Waals surface area contributed by atoms with Crippen LogP contribution in [-0.4, -0.2) is 41.8 Å². The molecular weight excluding hydrogens is 300 g/mol. The number of nitrogens with zero attached hydrogens (tertiary/aromatic N) is 2.